The van der Waals surface area contributed by atoms with Gasteiger partial charge >= 0.3 is 5.97 Å². The van der Waals surface area contributed by atoms with Gasteiger partial charge in [-0.15, -0.1) is 23.1 Å². The summed E-state index contributed by atoms with van der Waals surface area (Å²) < 4.78 is 5.28. The Labute approximate surface area is 197 Å². The van der Waals surface area contributed by atoms with Crippen LogP contribution in [0, 0.1) is 11.3 Å². The number of hydrogen-bond donors (Lipinski definition) is 1. The number of aryl methyl sites for hydroxylation is 1. The van der Waals surface area contributed by atoms with Gasteiger partial charge < -0.3 is 10.1 Å². The maximum atomic E-state index is 12.7. The third-order valence-corrected chi connectivity index (χ3v) is 7.52. The van der Waals surface area contributed by atoms with Gasteiger partial charge in [-0.3, -0.25) is 4.79 Å². The Morgan fingerprint density at radius 2 is 2.06 bits per heavy atom. The van der Waals surface area contributed by atoms with Crippen LogP contribution in [0.25, 0.3) is 0 Å². The molecule has 2 aromatic rings. The lowest BCUT2D eigenvalue weighted by atomic mass is 10.1. The highest BCUT2D eigenvalue weighted by molar-refractivity contribution is 7.99. The summed E-state index contributed by atoms with van der Waals surface area (Å²) in [6.45, 7) is 6.20. The van der Waals surface area contributed by atoms with Crippen LogP contribution in [0.15, 0.2) is 17.2 Å². The molecule has 32 heavy (non-hydrogen) atoms. The van der Waals surface area contributed by atoms with E-state index in [4.69, 9.17) is 4.74 Å². The number of pyridine rings is 1. The number of nitrogens with zero attached hydrogens (tertiary/aromatic N) is 2. The fourth-order valence-electron chi connectivity index (χ4n) is 3.65. The van der Waals surface area contributed by atoms with Gasteiger partial charge in [0.05, 0.1) is 17.7 Å². The zero-order valence-electron chi connectivity index (χ0n) is 18.8. The van der Waals surface area contributed by atoms with Gasteiger partial charge in [0.2, 0.25) is 5.91 Å². The number of nitriles is 1. The normalized spacial score (nSPS) is 13.2. The van der Waals surface area contributed by atoms with Crippen LogP contribution in [0.4, 0.5) is 5.00 Å². The summed E-state index contributed by atoms with van der Waals surface area (Å²) in [5, 5.41) is 13.6. The first-order chi connectivity index (χ1) is 15.4. The maximum absolute atomic E-state index is 12.7. The summed E-state index contributed by atoms with van der Waals surface area (Å²) in [4.78, 5) is 31.1. The quantitative estimate of drug-likeness (QED) is 0.301. The Morgan fingerprint density at radius 1 is 1.28 bits per heavy atom. The zero-order valence-corrected chi connectivity index (χ0v) is 20.5. The fraction of sp³-hybridized carbons (Fsp3) is 0.500. The Balaban J connectivity index is 1.69. The predicted octanol–water partition coefficient (Wildman–Crippen LogP) is 5.70. The summed E-state index contributed by atoms with van der Waals surface area (Å²) in [6, 6.07) is 5.83. The van der Waals surface area contributed by atoms with Gasteiger partial charge in [0.15, 0.2) is 0 Å². The number of ether oxygens (including phenoxy) is 1. The second kappa shape index (κ2) is 11.5. The van der Waals surface area contributed by atoms with Gasteiger partial charge in [0.1, 0.15) is 16.1 Å². The molecular formula is C24H29N3O3S2. The average Bonchev–Trinajstić information content (AvgIpc) is 2.94. The Bertz CT molecular complexity index is 1020. The molecule has 1 amide bonds. The lowest BCUT2D eigenvalue weighted by Gasteiger charge is -2.10. The molecule has 2 heterocycles. The molecule has 8 heteroatoms. The molecular weight excluding hydrogens is 442 g/mol. The van der Waals surface area contributed by atoms with E-state index in [-0.39, 0.29) is 24.2 Å². The first kappa shape index (κ1) is 24.3. The van der Waals surface area contributed by atoms with Crippen LogP contribution in [0.5, 0.6) is 0 Å². The Morgan fingerprint density at radius 3 is 2.78 bits per heavy atom. The standard InChI is InChI=1S/C24H29N3O3S2/c1-4-30-24(29)21-17-8-6-5-7-9-19(17)32-23(21)27-20(28)12-13-31-22-16(14-25)10-11-18(26-22)15(2)3/h10-11,15H,4-9,12-13H2,1-3H3,(H,27,28). The molecule has 3 rings (SSSR count). The molecule has 0 unspecified atom stereocenters. The predicted molar refractivity (Wildman–Crippen MR) is 129 cm³/mol. The van der Waals surface area contributed by atoms with Crippen molar-refractivity contribution in [1.29, 1.82) is 5.26 Å². The van der Waals surface area contributed by atoms with E-state index in [1.165, 1.54) is 28.0 Å². The van der Waals surface area contributed by atoms with Crippen LogP contribution in [0.3, 0.4) is 0 Å². The van der Waals surface area contributed by atoms with E-state index in [1.807, 2.05) is 6.07 Å². The number of amides is 1. The minimum absolute atomic E-state index is 0.155. The lowest BCUT2D eigenvalue weighted by Crippen LogP contribution is -2.15. The van der Waals surface area contributed by atoms with E-state index < -0.39 is 0 Å². The molecule has 2 aromatic heterocycles. The monoisotopic (exact) mass is 471 g/mol. The summed E-state index contributed by atoms with van der Waals surface area (Å²) >= 11 is 2.91. The van der Waals surface area contributed by atoms with Crippen LogP contribution < -0.4 is 5.32 Å². The van der Waals surface area contributed by atoms with Crippen molar-refractivity contribution in [2.24, 2.45) is 0 Å². The van der Waals surface area contributed by atoms with Gasteiger partial charge in [0.25, 0.3) is 0 Å². The summed E-state index contributed by atoms with van der Waals surface area (Å²) in [6.07, 6.45) is 5.34. The second-order valence-electron chi connectivity index (χ2n) is 7.99. The summed E-state index contributed by atoms with van der Waals surface area (Å²) in [5.74, 6) is 0.248. The van der Waals surface area contributed by atoms with Crippen molar-refractivity contribution in [2.75, 3.05) is 17.7 Å². The van der Waals surface area contributed by atoms with Crippen molar-refractivity contribution in [2.45, 2.75) is 70.2 Å². The largest absolute Gasteiger partial charge is 0.462 e. The molecule has 6 nitrogen and oxygen atoms in total. The van der Waals surface area contributed by atoms with Gasteiger partial charge in [-0.25, -0.2) is 9.78 Å². The molecule has 170 valence electrons. The summed E-state index contributed by atoms with van der Waals surface area (Å²) in [5.41, 5.74) is 3.03. The molecule has 0 radical (unpaired) electrons. The van der Waals surface area contributed by atoms with Crippen LogP contribution >= 0.6 is 23.1 Å². The Hall–Kier alpha value is -2.37. The number of carbonyl (C=O) groups excluding carboxylic acids is 2. The molecule has 0 aliphatic heterocycles. The van der Waals surface area contributed by atoms with Crippen molar-refractivity contribution < 1.29 is 14.3 Å². The van der Waals surface area contributed by atoms with Crippen LogP contribution in [0.2, 0.25) is 0 Å². The van der Waals surface area contributed by atoms with E-state index in [0.29, 0.717) is 33.5 Å². The van der Waals surface area contributed by atoms with Crippen LogP contribution in [-0.4, -0.2) is 29.2 Å². The van der Waals surface area contributed by atoms with Crippen LogP contribution in [-0.2, 0) is 22.4 Å². The number of anilines is 1. The van der Waals surface area contributed by atoms with Crippen LogP contribution in [0.1, 0.15) is 84.4 Å². The Kier molecular flexibility index (Phi) is 8.71. The van der Waals surface area contributed by atoms with Gasteiger partial charge in [-0.05, 0) is 56.2 Å². The van der Waals surface area contributed by atoms with Crippen molar-refractivity contribution >= 4 is 40.0 Å². The molecule has 0 saturated carbocycles. The highest BCUT2D eigenvalue weighted by Gasteiger charge is 2.26. The topological polar surface area (TPSA) is 92.1 Å². The smallest absolute Gasteiger partial charge is 0.341 e. The van der Waals surface area contributed by atoms with E-state index in [2.05, 4.69) is 30.2 Å². The number of thioether (sulfide) groups is 1. The number of aromatic nitrogens is 1. The number of fused-ring (bicyclic) bond motifs is 1. The van der Waals surface area contributed by atoms with E-state index in [0.717, 1.165) is 43.4 Å². The fourth-order valence-corrected chi connectivity index (χ4v) is 5.86. The van der Waals surface area contributed by atoms with Gasteiger partial charge in [-0.1, -0.05) is 20.3 Å². The number of nitrogens with one attached hydrogen (secondary N) is 1. The number of hydrogen-bond acceptors (Lipinski definition) is 7. The zero-order chi connectivity index (χ0) is 23.1. The van der Waals surface area contributed by atoms with Crippen molar-refractivity contribution in [3.8, 4) is 6.07 Å². The lowest BCUT2D eigenvalue weighted by molar-refractivity contribution is -0.115. The van der Waals surface area contributed by atoms with Gasteiger partial charge in [0, 0.05) is 22.7 Å². The second-order valence-corrected chi connectivity index (χ2v) is 10.2. The number of carbonyl (C=O) groups is 2. The van der Waals surface area contributed by atoms with E-state index >= 15 is 0 Å². The van der Waals surface area contributed by atoms with Crippen molar-refractivity contribution in [3.05, 3.63) is 39.4 Å². The molecule has 1 N–H and O–H groups in total. The molecule has 1 aliphatic rings. The first-order valence-electron chi connectivity index (χ1n) is 11.1. The SMILES string of the molecule is CCOC(=O)c1c(NC(=O)CCSc2nc(C(C)C)ccc2C#N)sc2c1CCCCC2. The highest BCUT2D eigenvalue weighted by atomic mass is 32.2. The number of esters is 1. The highest BCUT2D eigenvalue weighted by Crippen LogP contribution is 2.38. The minimum atomic E-state index is -0.357. The number of rotatable bonds is 8. The minimum Gasteiger partial charge on any atom is -0.462 e. The first-order valence-corrected chi connectivity index (χ1v) is 12.9. The molecule has 0 saturated heterocycles. The third kappa shape index (κ3) is 5.90. The molecule has 0 bridgehead atoms. The van der Waals surface area contributed by atoms with Gasteiger partial charge in [-0.2, -0.15) is 5.26 Å². The van der Waals surface area contributed by atoms with E-state index in [9.17, 15) is 14.9 Å². The molecule has 0 fully saturated rings. The molecule has 0 aromatic carbocycles. The van der Waals surface area contributed by atoms with Crippen molar-refractivity contribution in [1.82, 2.24) is 4.98 Å². The molecule has 0 atom stereocenters. The molecule has 0 spiro atoms. The van der Waals surface area contributed by atoms with Crippen molar-refractivity contribution in [3.63, 3.8) is 0 Å². The number of thiophene rings is 1. The summed E-state index contributed by atoms with van der Waals surface area (Å²) in [7, 11) is 0. The maximum Gasteiger partial charge on any atom is 0.341 e. The third-order valence-electron chi connectivity index (χ3n) is 5.32. The van der Waals surface area contributed by atoms with E-state index in [1.54, 1.807) is 13.0 Å². The molecule has 1 aliphatic carbocycles. The average molecular weight is 472 g/mol.